The number of amides is 2. The van der Waals surface area contributed by atoms with Crippen LogP contribution in [0.5, 0.6) is 0 Å². The second-order valence-electron chi connectivity index (χ2n) is 11.8. The van der Waals surface area contributed by atoms with Gasteiger partial charge in [-0.15, -0.1) is 0 Å². The van der Waals surface area contributed by atoms with Crippen LogP contribution in [-0.4, -0.2) is 142 Å². The molecule has 21 N–H and O–H groups in total. The van der Waals surface area contributed by atoms with Crippen molar-refractivity contribution < 1.29 is 14.7 Å². The quantitative estimate of drug-likeness (QED) is 0.0321. The third-order valence-electron chi connectivity index (χ3n) is 7.24. The van der Waals surface area contributed by atoms with Gasteiger partial charge < -0.3 is 87.3 Å². The van der Waals surface area contributed by atoms with Crippen LogP contribution in [-0.2, 0) is 9.59 Å². The summed E-state index contributed by atoms with van der Waals surface area (Å²) in [4.78, 5) is 27.1. The fourth-order valence-corrected chi connectivity index (χ4v) is 4.04. The fourth-order valence-electron chi connectivity index (χ4n) is 4.04. The zero-order valence-corrected chi connectivity index (χ0v) is 33.7. The maximum Gasteiger partial charge on any atom is 0.243 e. The molecule has 0 bridgehead atoms. The Balaban J connectivity index is -0.000000356. The molecule has 0 aliphatic heterocycles. The first-order chi connectivity index (χ1) is 26.4. The molecule has 0 unspecified atom stereocenters. The number of hydrogen-bond acceptors (Lipinski definition) is 16. The van der Waals surface area contributed by atoms with Crippen molar-refractivity contribution in [3.05, 3.63) is 36.9 Å². The van der Waals surface area contributed by atoms with Crippen molar-refractivity contribution in [2.75, 3.05) is 104 Å². The van der Waals surface area contributed by atoms with E-state index in [-0.39, 0.29) is 11.8 Å². The third-order valence-corrected chi connectivity index (χ3v) is 7.24. The predicted molar refractivity (Wildman–Crippen MR) is 232 cm³/mol. The van der Waals surface area contributed by atoms with E-state index in [4.69, 9.17) is 66.9 Å². The molecule has 0 heterocycles. The standard InChI is InChI=1S/C15H30N6O2.C13H27N5.C6H8N2.C2H8N2.CH4O/c1-2-14(22)20-9-12-21(10-4-13(18)3-6-16)11-5-15(23)19-8-7-17;1-2-12(16)5-10-18(9-3-7-14)11-6-13(17)4-8-15;7-5-1-2-6(8)4-3-5;3-1-2-4;1-2/h2,18H,1,3-12,16-17H2,(H,19,23)(H,20,22);7,14,16-17H,2-6,8-11,15H2,1H3;1-4H,7-8H2;1-4H2;2H,1H3. The molecule has 1 rings (SSSR count). The highest BCUT2D eigenvalue weighted by Crippen LogP contribution is 2.05. The Hall–Kier alpha value is -4.14. The number of nitrogen functional groups attached to an aromatic ring is 2. The van der Waals surface area contributed by atoms with Gasteiger partial charge in [0.05, 0.1) is 0 Å². The summed E-state index contributed by atoms with van der Waals surface area (Å²) >= 11 is 0. The van der Waals surface area contributed by atoms with E-state index in [1.165, 1.54) is 12.3 Å². The van der Waals surface area contributed by atoms with Crippen molar-refractivity contribution in [3.63, 3.8) is 0 Å². The van der Waals surface area contributed by atoms with Crippen LogP contribution >= 0.6 is 0 Å². The van der Waals surface area contributed by atoms with E-state index in [9.17, 15) is 9.59 Å². The average molecular weight is 780 g/mol. The van der Waals surface area contributed by atoms with Crippen LogP contribution in [0.4, 0.5) is 11.4 Å². The monoisotopic (exact) mass is 780 g/mol. The Labute approximate surface area is 330 Å². The van der Waals surface area contributed by atoms with Gasteiger partial charge in [-0.3, -0.25) is 9.59 Å². The molecule has 0 aliphatic rings. The first kappa shape index (κ1) is 57.6. The molecular formula is C37H77N15O3. The van der Waals surface area contributed by atoms with Crippen LogP contribution in [0.15, 0.2) is 36.9 Å². The number of nitrogens with zero attached hydrogens (tertiary/aromatic N) is 2. The SMILES string of the molecule is C=CC(=O)NCCN(CCC(=N)CCN)CCC(=O)NCCN.CCC(=N)CCN(CCC=N)CCC(=N)CCN.CO.NCCN.Nc1ccc(N)cc1. The number of nitrogens with one attached hydrogen (secondary N) is 6. The predicted octanol–water partition coefficient (Wildman–Crippen LogP) is 0.0842. The van der Waals surface area contributed by atoms with E-state index in [0.717, 1.165) is 69.5 Å². The summed E-state index contributed by atoms with van der Waals surface area (Å²) in [5.74, 6) is -0.269. The lowest BCUT2D eigenvalue weighted by Crippen LogP contribution is -2.38. The molecule has 18 nitrogen and oxygen atoms in total. The molecule has 2 amide bonds. The van der Waals surface area contributed by atoms with Gasteiger partial charge >= 0.3 is 0 Å². The zero-order chi connectivity index (χ0) is 42.7. The van der Waals surface area contributed by atoms with Crippen molar-refractivity contribution in [2.24, 2.45) is 28.7 Å². The molecular weight excluding hydrogens is 703 g/mol. The normalized spacial score (nSPS) is 9.78. The first-order valence-electron chi connectivity index (χ1n) is 18.7. The van der Waals surface area contributed by atoms with Gasteiger partial charge in [0.2, 0.25) is 11.8 Å². The second kappa shape index (κ2) is 44.3. The Bertz CT molecular complexity index is 1100. The molecule has 318 valence electrons. The average Bonchev–Trinajstić information content (AvgIpc) is 3.19. The molecule has 0 fully saturated rings. The molecule has 0 spiro atoms. The molecule has 0 radical (unpaired) electrons. The summed E-state index contributed by atoms with van der Waals surface area (Å²) in [6, 6.07) is 7.09. The van der Waals surface area contributed by atoms with Gasteiger partial charge in [0.1, 0.15) is 0 Å². The lowest BCUT2D eigenvalue weighted by Gasteiger charge is -2.22. The van der Waals surface area contributed by atoms with Gasteiger partial charge in [0.15, 0.2) is 0 Å². The Kier molecular flexibility index (Phi) is 46.3. The number of nitrogens with two attached hydrogens (primary N) is 7. The third kappa shape index (κ3) is 44.2. The van der Waals surface area contributed by atoms with Crippen LogP contribution in [0.1, 0.15) is 58.3 Å². The van der Waals surface area contributed by atoms with Gasteiger partial charge in [0, 0.05) is 114 Å². The number of aliphatic hydroxyl groups excluding tert-OH is 1. The summed E-state index contributed by atoms with van der Waals surface area (Å²) in [7, 11) is 1.00. The minimum absolute atomic E-state index is 0.0485. The number of benzene rings is 1. The van der Waals surface area contributed by atoms with Crippen LogP contribution < -0.4 is 50.8 Å². The summed E-state index contributed by atoms with van der Waals surface area (Å²) < 4.78 is 0. The molecule has 1 aromatic carbocycles. The van der Waals surface area contributed by atoms with Crippen LogP contribution in [0.2, 0.25) is 0 Å². The molecule has 0 saturated carbocycles. The van der Waals surface area contributed by atoms with E-state index in [1.54, 1.807) is 24.3 Å². The van der Waals surface area contributed by atoms with E-state index in [2.05, 4.69) is 27.0 Å². The van der Waals surface area contributed by atoms with E-state index in [0.29, 0.717) is 103 Å². The fraction of sp³-hybridized carbons (Fsp3) is 0.622. The molecule has 0 atom stereocenters. The summed E-state index contributed by atoms with van der Waals surface area (Å²) in [6.07, 6.45) is 7.95. The number of carbonyl (C=O) groups excluding carboxylic acids is 2. The minimum atomic E-state index is -0.221. The van der Waals surface area contributed by atoms with Crippen LogP contribution in [0.25, 0.3) is 0 Å². The maximum absolute atomic E-state index is 11.6. The van der Waals surface area contributed by atoms with Crippen LogP contribution in [0.3, 0.4) is 0 Å². The smallest absolute Gasteiger partial charge is 0.243 e. The Morgan fingerprint density at radius 2 is 1.09 bits per heavy atom. The number of anilines is 2. The highest BCUT2D eigenvalue weighted by molar-refractivity contribution is 5.86. The molecule has 18 heteroatoms. The number of aliphatic hydroxyl groups is 1. The Morgan fingerprint density at radius 3 is 1.47 bits per heavy atom. The summed E-state index contributed by atoms with van der Waals surface area (Å²) in [5, 5.41) is 42.7. The van der Waals surface area contributed by atoms with Crippen molar-refractivity contribution in [2.45, 2.75) is 58.3 Å². The summed E-state index contributed by atoms with van der Waals surface area (Å²) in [5.41, 5.74) is 40.3. The van der Waals surface area contributed by atoms with Gasteiger partial charge in [0.25, 0.3) is 0 Å². The van der Waals surface area contributed by atoms with Gasteiger partial charge in [-0.2, -0.15) is 0 Å². The van der Waals surface area contributed by atoms with E-state index in [1.807, 2.05) is 6.92 Å². The molecule has 1 aromatic rings. The lowest BCUT2D eigenvalue weighted by molar-refractivity contribution is -0.121. The number of rotatable bonds is 27. The maximum atomic E-state index is 11.6. The highest BCUT2D eigenvalue weighted by Gasteiger charge is 2.10. The lowest BCUT2D eigenvalue weighted by atomic mass is 10.1. The minimum Gasteiger partial charge on any atom is -0.400 e. The largest absolute Gasteiger partial charge is 0.400 e. The van der Waals surface area contributed by atoms with Gasteiger partial charge in [-0.25, -0.2) is 0 Å². The highest BCUT2D eigenvalue weighted by atomic mass is 16.2. The van der Waals surface area contributed by atoms with Crippen molar-refractivity contribution >= 4 is 46.5 Å². The Morgan fingerprint density at radius 1 is 0.655 bits per heavy atom. The molecule has 0 aliphatic carbocycles. The zero-order valence-electron chi connectivity index (χ0n) is 33.7. The number of hydrogen-bond donors (Lipinski definition) is 14. The van der Waals surface area contributed by atoms with E-state index < -0.39 is 0 Å². The van der Waals surface area contributed by atoms with Crippen molar-refractivity contribution in [3.8, 4) is 0 Å². The van der Waals surface area contributed by atoms with Crippen LogP contribution in [0, 0.1) is 21.6 Å². The summed E-state index contributed by atoms with van der Waals surface area (Å²) in [6.45, 7) is 13.3. The van der Waals surface area contributed by atoms with Crippen molar-refractivity contribution in [1.82, 2.24) is 20.4 Å². The second-order valence-corrected chi connectivity index (χ2v) is 11.8. The van der Waals surface area contributed by atoms with Gasteiger partial charge in [-0.1, -0.05) is 13.5 Å². The molecule has 0 aromatic heterocycles. The molecule has 55 heavy (non-hydrogen) atoms. The molecule has 0 saturated heterocycles. The topological polar surface area (TPSA) is 362 Å². The first-order valence-corrected chi connectivity index (χ1v) is 18.7. The van der Waals surface area contributed by atoms with Gasteiger partial charge in [-0.05, 0) is 94.6 Å². The number of carbonyl (C=O) groups is 2. The van der Waals surface area contributed by atoms with E-state index >= 15 is 0 Å². The van der Waals surface area contributed by atoms with Crippen molar-refractivity contribution in [1.29, 1.82) is 21.6 Å².